The summed E-state index contributed by atoms with van der Waals surface area (Å²) in [6, 6.07) is 22.2. The van der Waals surface area contributed by atoms with Gasteiger partial charge in [-0.3, -0.25) is 14.4 Å². The molecular weight excluding hydrogens is 500 g/mol. The van der Waals surface area contributed by atoms with Gasteiger partial charge in [0.15, 0.2) is 0 Å². The van der Waals surface area contributed by atoms with E-state index < -0.39 is 17.6 Å². The number of rotatable bonds is 12. The number of benzene rings is 3. The Morgan fingerprint density at radius 1 is 0.900 bits per heavy atom. The van der Waals surface area contributed by atoms with Crippen LogP contribution < -0.4 is 11.1 Å². The second-order valence-electron chi connectivity index (χ2n) is 10.9. The first-order chi connectivity index (χ1) is 19.0. The first-order valence-corrected chi connectivity index (χ1v) is 13.8. The summed E-state index contributed by atoms with van der Waals surface area (Å²) in [5.41, 5.74) is 7.50. The van der Waals surface area contributed by atoms with Crippen molar-refractivity contribution in [2.24, 2.45) is 5.73 Å². The summed E-state index contributed by atoms with van der Waals surface area (Å²) in [4.78, 5) is 43.7. The van der Waals surface area contributed by atoms with E-state index in [-0.39, 0.29) is 17.7 Å². The normalized spacial score (nSPS) is 13.2. The Morgan fingerprint density at radius 2 is 1.52 bits per heavy atom. The van der Waals surface area contributed by atoms with Gasteiger partial charge in [-0.05, 0) is 55.2 Å². The van der Waals surface area contributed by atoms with Crippen LogP contribution >= 0.6 is 0 Å². The van der Waals surface area contributed by atoms with E-state index in [9.17, 15) is 14.4 Å². The standard InChI is InChI=1S/C33H42N4O3/c1-6-37(28(31(39)35-4)22-24-13-8-7-9-14-24)32(40)29(36(5)30(38)17-12-20-33(2,3)34)23-25-18-19-26-15-10-11-16-27(26)21-25/h7-19,21,28-29H,6,20,22-23,34H2,1-5H3,(H,35,39)/b17-12+/t28?,29-/m1/s1. The number of amides is 3. The highest BCUT2D eigenvalue weighted by Crippen LogP contribution is 2.20. The van der Waals surface area contributed by atoms with E-state index in [0.717, 1.165) is 21.9 Å². The molecule has 0 aliphatic heterocycles. The SMILES string of the molecule is CCN(C(=O)[C@@H](Cc1ccc2ccccc2c1)N(C)C(=O)/C=C/CC(C)(C)N)C(Cc1ccccc1)C(=O)NC. The Hall–Kier alpha value is -3.97. The largest absolute Gasteiger partial charge is 0.357 e. The summed E-state index contributed by atoms with van der Waals surface area (Å²) in [5, 5.41) is 4.88. The third kappa shape index (κ3) is 8.26. The molecule has 3 N–H and O–H groups in total. The van der Waals surface area contributed by atoms with E-state index in [2.05, 4.69) is 11.4 Å². The highest BCUT2D eigenvalue weighted by molar-refractivity contribution is 5.95. The van der Waals surface area contributed by atoms with E-state index in [4.69, 9.17) is 5.73 Å². The molecule has 0 fully saturated rings. The average Bonchev–Trinajstić information content (AvgIpc) is 2.94. The average molecular weight is 543 g/mol. The van der Waals surface area contributed by atoms with Crippen LogP contribution in [0.25, 0.3) is 10.8 Å². The van der Waals surface area contributed by atoms with E-state index in [1.807, 2.05) is 87.5 Å². The molecule has 0 aliphatic rings. The van der Waals surface area contributed by atoms with Crippen molar-refractivity contribution < 1.29 is 14.4 Å². The Labute approximate surface area is 238 Å². The number of likely N-dealkylation sites (N-methyl/N-ethyl adjacent to an activating group) is 3. The van der Waals surface area contributed by atoms with E-state index in [0.29, 0.717) is 25.8 Å². The maximum atomic E-state index is 14.3. The fraction of sp³-hybridized carbons (Fsp3) is 0.364. The lowest BCUT2D eigenvalue weighted by Gasteiger charge is -2.36. The van der Waals surface area contributed by atoms with Crippen LogP contribution in [0.4, 0.5) is 0 Å². The molecule has 0 radical (unpaired) electrons. The molecule has 212 valence electrons. The summed E-state index contributed by atoms with van der Waals surface area (Å²) in [5.74, 6) is -0.815. The van der Waals surface area contributed by atoms with Crippen molar-refractivity contribution in [3.8, 4) is 0 Å². The van der Waals surface area contributed by atoms with Gasteiger partial charge in [0.25, 0.3) is 0 Å². The fourth-order valence-electron chi connectivity index (χ4n) is 4.78. The highest BCUT2D eigenvalue weighted by Gasteiger charge is 2.35. The number of fused-ring (bicyclic) bond motifs is 1. The van der Waals surface area contributed by atoms with Gasteiger partial charge in [-0.15, -0.1) is 0 Å². The van der Waals surface area contributed by atoms with Crippen molar-refractivity contribution in [3.63, 3.8) is 0 Å². The van der Waals surface area contributed by atoms with Gasteiger partial charge in [0.05, 0.1) is 0 Å². The van der Waals surface area contributed by atoms with Crippen LogP contribution in [0.5, 0.6) is 0 Å². The maximum absolute atomic E-state index is 14.3. The summed E-state index contributed by atoms with van der Waals surface area (Å²) >= 11 is 0. The molecule has 3 aromatic carbocycles. The molecule has 0 saturated carbocycles. The molecule has 0 aromatic heterocycles. The van der Waals surface area contributed by atoms with E-state index in [1.54, 1.807) is 25.1 Å². The minimum Gasteiger partial charge on any atom is -0.357 e. The summed E-state index contributed by atoms with van der Waals surface area (Å²) < 4.78 is 0. The number of nitrogens with zero attached hydrogens (tertiary/aromatic N) is 2. The Morgan fingerprint density at radius 3 is 2.15 bits per heavy atom. The quantitative estimate of drug-likeness (QED) is 0.337. The number of carbonyl (C=O) groups excluding carboxylic acids is 3. The van der Waals surface area contributed by atoms with Gasteiger partial charge < -0.3 is 20.9 Å². The molecule has 7 nitrogen and oxygen atoms in total. The van der Waals surface area contributed by atoms with Crippen LogP contribution in [0.1, 0.15) is 38.3 Å². The Kier molecular flexibility index (Phi) is 10.6. The van der Waals surface area contributed by atoms with Crippen LogP contribution in [-0.4, -0.2) is 65.8 Å². The van der Waals surface area contributed by atoms with Crippen LogP contribution in [-0.2, 0) is 27.2 Å². The van der Waals surface area contributed by atoms with Crippen molar-refractivity contribution in [3.05, 3.63) is 96.1 Å². The smallest absolute Gasteiger partial charge is 0.246 e. The Balaban J connectivity index is 1.97. The molecule has 7 heteroatoms. The Bertz CT molecular complexity index is 1330. The predicted octanol–water partition coefficient (Wildman–Crippen LogP) is 4.10. The van der Waals surface area contributed by atoms with Gasteiger partial charge in [0, 0.05) is 39.0 Å². The lowest BCUT2D eigenvalue weighted by Crippen LogP contribution is -2.57. The molecule has 0 saturated heterocycles. The lowest BCUT2D eigenvalue weighted by molar-refractivity contribution is -0.147. The highest BCUT2D eigenvalue weighted by atomic mass is 16.2. The van der Waals surface area contributed by atoms with Crippen LogP contribution in [0.15, 0.2) is 84.9 Å². The number of hydrogen-bond acceptors (Lipinski definition) is 4. The van der Waals surface area contributed by atoms with E-state index >= 15 is 0 Å². The molecule has 3 rings (SSSR count). The molecule has 0 spiro atoms. The predicted molar refractivity (Wildman–Crippen MR) is 162 cm³/mol. The third-order valence-electron chi connectivity index (χ3n) is 7.07. The molecule has 3 amide bonds. The summed E-state index contributed by atoms with van der Waals surface area (Å²) in [6.45, 7) is 5.96. The molecule has 0 bridgehead atoms. The van der Waals surface area contributed by atoms with Gasteiger partial charge in [-0.1, -0.05) is 78.9 Å². The topological polar surface area (TPSA) is 95.7 Å². The number of hydrogen-bond donors (Lipinski definition) is 2. The first kappa shape index (κ1) is 30.6. The zero-order valence-corrected chi connectivity index (χ0v) is 24.3. The van der Waals surface area contributed by atoms with Crippen LogP contribution in [0, 0.1) is 0 Å². The zero-order chi connectivity index (χ0) is 29.3. The molecule has 2 atom stereocenters. The number of nitrogens with one attached hydrogen (secondary N) is 1. The minimum absolute atomic E-state index is 0.248. The summed E-state index contributed by atoms with van der Waals surface area (Å²) in [7, 11) is 3.22. The zero-order valence-electron chi connectivity index (χ0n) is 24.3. The lowest BCUT2D eigenvalue weighted by atomic mass is 9.98. The van der Waals surface area contributed by atoms with Crippen LogP contribution in [0.3, 0.4) is 0 Å². The molecule has 1 unspecified atom stereocenters. The molecule has 0 aliphatic carbocycles. The number of carbonyl (C=O) groups is 3. The van der Waals surface area contributed by atoms with Gasteiger partial charge in [0.1, 0.15) is 12.1 Å². The monoisotopic (exact) mass is 542 g/mol. The second kappa shape index (κ2) is 13.9. The molecule has 3 aromatic rings. The second-order valence-corrected chi connectivity index (χ2v) is 10.9. The minimum atomic E-state index is -0.813. The molecule has 0 heterocycles. The van der Waals surface area contributed by atoms with Crippen molar-refractivity contribution in [2.75, 3.05) is 20.6 Å². The van der Waals surface area contributed by atoms with Crippen molar-refractivity contribution >= 4 is 28.5 Å². The van der Waals surface area contributed by atoms with E-state index in [1.165, 1.54) is 11.0 Å². The summed E-state index contributed by atoms with van der Waals surface area (Å²) in [6.07, 6.45) is 4.42. The fourth-order valence-corrected chi connectivity index (χ4v) is 4.78. The van der Waals surface area contributed by atoms with Gasteiger partial charge in [0.2, 0.25) is 17.7 Å². The van der Waals surface area contributed by atoms with Gasteiger partial charge in [-0.25, -0.2) is 0 Å². The van der Waals surface area contributed by atoms with Gasteiger partial charge in [-0.2, -0.15) is 0 Å². The third-order valence-corrected chi connectivity index (χ3v) is 7.07. The molecular formula is C33H42N4O3. The maximum Gasteiger partial charge on any atom is 0.246 e. The van der Waals surface area contributed by atoms with Crippen molar-refractivity contribution in [1.82, 2.24) is 15.1 Å². The first-order valence-electron chi connectivity index (χ1n) is 13.8. The van der Waals surface area contributed by atoms with Crippen molar-refractivity contribution in [2.45, 2.75) is 57.7 Å². The van der Waals surface area contributed by atoms with Crippen LogP contribution in [0.2, 0.25) is 0 Å². The van der Waals surface area contributed by atoms with Crippen molar-refractivity contribution in [1.29, 1.82) is 0 Å². The number of nitrogens with two attached hydrogens (primary N) is 1. The molecule has 40 heavy (non-hydrogen) atoms. The van der Waals surface area contributed by atoms with Gasteiger partial charge >= 0.3 is 0 Å².